The molecule has 0 aliphatic carbocycles. The summed E-state index contributed by atoms with van der Waals surface area (Å²) in [6.45, 7) is 0. The number of halogens is 3. The third-order valence-electron chi connectivity index (χ3n) is 3.17. The maximum Gasteiger partial charge on any atom is 0.264 e. The van der Waals surface area contributed by atoms with Gasteiger partial charge in [-0.1, -0.05) is 12.1 Å². The van der Waals surface area contributed by atoms with Crippen LogP contribution in [0, 0.1) is 17.5 Å². The second-order valence-corrected chi connectivity index (χ2v) is 6.50. The average Bonchev–Trinajstić information content (AvgIpc) is 3.01. The summed E-state index contributed by atoms with van der Waals surface area (Å²) in [6, 6.07) is 7.52. The van der Waals surface area contributed by atoms with Gasteiger partial charge in [0.1, 0.15) is 16.5 Å². The van der Waals surface area contributed by atoms with Gasteiger partial charge in [-0.25, -0.2) is 26.6 Å². The molecule has 0 amide bonds. The highest BCUT2D eigenvalue weighted by Gasteiger charge is 2.20. The van der Waals surface area contributed by atoms with Gasteiger partial charge in [-0.15, -0.1) is 0 Å². The number of H-pyrrole nitrogens is 1. The Bertz CT molecular complexity index is 1000. The van der Waals surface area contributed by atoms with Crippen molar-refractivity contribution in [2.45, 2.75) is 4.90 Å². The van der Waals surface area contributed by atoms with Gasteiger partial charge in [0.05, 0.1) is 6.20 Å². The maximum absolute atomic E-state index is 13.7. The Balaban J connectivity index is 1.92. The first-order chi connectivity index (χ1) is 11.4. The highest BCUT2D eigenvalue weighted by Crippen LogP contribution is 2.25. The van der Waals surface area contributed by atoms with E-state index >= 15 is 0 Å². The Morgan fingerprint density at radius 3 is 2.50 bits per heavy atom. The van der Waals surface area contributed by atoms with E-state index in [1.165, 1.54) is 24.3 Å². The van der Waals surface area contributed by atoms with Crippen LogP contribution in [0.15, 0.2) is 53.7 Å². The SMILES string of the molecule is O=S(=O)(Nc1ncc(F)cc1F)c1c[nH]c(-c2ccccc2F)c1. The zero-order valence-electron chi connectivity index (χ0n) is 11.9. The van der Waals surface area contributed by atoms with E-state index in [0.29, 0.717) is 12.3 Å². The van der Waals surface area contributed by atoms with E-state index in [2.05, 4.69) is 9.97 Å². The molecule has 0 saturated heterocycles. The molecule has 2 N–H and O–H groups in total. The number of sulfonamides is 1. The first kappa shape index (κ1) is 16.1. The summed E-state index contributed by atoms with van der Waals surface area (Å²) >= 11 is 0. The van der Waals surface area contributed by atoms with Crippen molar-refractivity contribution in [3.63, 3.8) is 0 Å². The Morgan fingerprint density at radius 1 is 1.04 bits per heavy atom. The van der Waals surface area contributed by atoms with E-state index in [0.717, 1.165) is 6.20 Å². The monoisotopic (exact) mass is 353 g/mol. The normalized spacial score (nSPS) is 11.5. The maximum atomic E-state index is 13.7. The van der Waals surface area contributed by atoms with Crippen LogP contribution in [0.3, 0.4) is 0 Å². The predicted molar refractivity (Wildman–Crippen MR) is 81.1 cm³/mol. The first-order valence-corrected chi connectivity index (χ1v) is 8.12. The quantitative estimate of drug-likeness (QED) is 0.756. The van der Waals surface area contributed by atoms with Gasteiger partial charge < -0.3 is 4.98 Å². The summed E-state index contributed by atoms with van der Waals surface area (Å²) in [4.78, 5) is 5.76. The molecular weight excluding hydrogens is 343 g/mol. The Labute approximate surface area is 135 Å². The fraction of sp³-hybridized carbons (Fsp3) is 0. The fourth-order valence-electron chi connectivity index (χ4n) is 2.04. The summed E-state index contributed by atoms with van der Waals surface area (Å²) < 4.78 is 66.5. The number of anilines is 1. The highest BCUT2D eigenvalue weighted by atomic mass is 32.2. The largest absolute Gasteiger partial charge is 0.360 e. The Morgan fingerprint density at radius 2 is 1.79 bits per heavy atom. The third kappa shape index (κ3) is 3.11. The predicted octanol–water partition coefficient (Wildman–Crippen LogP) is 3.29. The molecule has 3 aromatic rings. The lowest BCUT2D eigenvalue weighted by molar-refractivity contribution is 0.574. The molecule has 2 heterocycles. The van der Waals surface area contributed by atoms with E-state index in [4.69, 9.17) is 0 Å². The van der Waals surface area contributed by atoms with Crippen LogP contribution in [-0.4, -0.2) is 18.4 Å². The zero-order valence-corrected chi connectivity index (χ0v) is 12.7. The molecule has 0 spiro atoms. The summed E-state index contributed by atoms with van der Waals surface area (Å²) in [5, 5.41) is 0. The van der Waals surface area contributed by atoms with E-state index < -0.39 is 33.3 Å². The molecule has 0 saturated carbocycles. The summed E-state index contributed by atoms with van der Waals surface area (Å²) in [6.07, 6.45) is 1.81. The lowest BCUT2D eigenvalue weighted by Gasteiger charge is -2.06. The number of nitrogens with zero attached hydrogens (tertiary/aromatic N) is 1. The van der Waals surface area contributed by atoms with Gasteiger partial charge in [0.15, 0.2) is 11.6 Å². The van der Waals surface area contributed by atoms with Gasteiger partial charge in [0.25, 0.3) is 10.0 Å². The number of aromatic amines is 1. The van der Waals surface area contributed by atoms with E-state index in [1.54, 1.807) is 6.07 Å². The van der Waals surface area contributed by atoms with Crippen LogP contribution < -0.4 is 4.72 Å². The van der Waals surface area contributed by atoms with Gasteiger partial charge in [0, 0.05) is 23.5 Å². The molecule has 0 fully saturated rings. The minimum Gasteiger partial charge on any atom is -0.360 e. The number of hydrogen-bond donors (Lipinski definition) is 2. The van der Waals surface area contributed by atoms with E-state index in [9.17, 15) is 21.6 Å². The number of pyridine rings is 1. The first-order valence-electron chi connectivity index (χ1n) is 6.64. The molecule has 0 radical (unpaired) electrons. The second kappa shape index (κ2) is 6.00. The van der Waals surface area contributed by atoms with Gasteiger partial charge in [-0.3, -0.25) is 4.72 Å². The zero-order chi connectivity index (χ0) is 17.3. The standard InChI is InChI=1S/C15H10F3N3O2S/c16-9-5-13(18)15(20-7-9)21-24(22,23)10-6-14(19-8-10)11-3-1-2-4-12(11)17/h1-8,19H,(H,20,21). The van der Waals surface area contributed by atoms with Crippen molar-refractivity contribution in [2.24, 2.45) is 0 Å². The smallest absolute Gasteiger partial charge is 0.264 e. The minimum absolute atomic E-state index is 0.185. The van der Waals surface area contributed by atoms with Gasteiger partial charge in [0.2, 0.25) is 0 Å². The van der Waals surface area contributed by atoms with Crippen molar-refractivity contribution < 1.29 is 21.6 Å². The van der Waals surface area contributed by atoms with Crippen molar-refractivity contribution >= 4 is 15.8 Å². The van der Waals surface area contributed by atoms with Gasteiger partial charge in [-0.05, 0) is 18.2 Å². The van der Waals surface area contributed by atoms with Crippen molar-refractivity contribution in [1.82, 2.24) is 9.97 Å². The fourth-order valence-corrected chi connectivity index (χ4v) is 3.05. The van der Waals surface area contributed by atoms with E-state index in [-0.39, 0.29) is 16.2 Å². The topological polar surface area (TPSA) is 74.8 Å². The summed E-state index contributed by atoms with van der Waals surface area (Å²) in [7, 11) is -4.18. The average molecular weight is 353 g/mol. The Hall–Kier alpha value is -2.81. The number of benzene rings is 1. The van der Waals surface area contributed by atoms with Crippen LogP contribution in [0.25, 0.3) is 11.3 Å². The van der Waals surface area contributed by atoms with Gasteiger partial charge >= 0.3 is 0 Å². The van der Waals surface area contributed by atoms with Crippen molar-refractivity contribution in [3.05, 3.63) is 66.2 Å². The van der Waals surface area contributed by atoms with Crippen molar-refractivity contribution in [1.29, 1.82) is 0 Å². The molecule has 0 aliphatic rings. The van der Waals surface area contributed by atoms with Crippen LogP contribution in [0.4, 0.5) is 19.0 Å². The van der Waals surface area contributed by atoms with Crippen LogP contribution in [0.1, 0.15) is 0 Å². The molecule has 0 aliphatic heterocycles. The van der Waals surface area contributed by atoms with E-state index in [1.807, 2.05) is 4.72 Å². The highest BCUT2D eigenvalue weighted by molar-refractivity contribution is 7.92. The number of hydrogen-bond acceptors (Lipinski definition) is 3. The molecule has 0 bridgehead atoms. The lowest BCUT2D eigenvalue weighted by Crippen LogP contribution is -2.14. The third-order valence-corrected chi connectivity index (χ3v) is 4.49. The number of nitrogens with one attached hydrogen (secondary N) is 2. The number of rotatable bonds is 4. The van der Waals surface area contributed by atoms with Crippen LogP contribution in [0.2, 0.25) is 0 Å². The molecule has 24 heavy (non-hydrogen) atoms. The lowest BCUT2D eigenvalue weighted by atomic mass is 10.1. The van der Waals surface area contributed by atoms with Gasteiger partial charge in [-0.2, -0.15) is 0 Å². The molecule has 1 aromatic carbocycles. The number of aromatic nitrogens is 2. The second-order valence-electron chi connectivity index (χ2n) is 4.82. The summed E-state index contributed by atoms with van der Waals surface area (Å²) in [5.74, 6) is -3.24. The molecule has 3 rings (SSSR count). The molecule has 9 heteroatoms. The van der Waals surface area contributed by atoms with Crippen molar-refractivity contribution in [2.75, 3.05) is 4.72 Å². The molecule has 124 valence electrons. The molecule has 0 atom stereocenters. The molecule has 2 aromatic heterocycles. The van der Waals surface area contributed by atoms with Crippen LogP contribution in [0.5, 0.6) is 0 Å². The molecule has 0 unspecified atom stereocenters. The van der Waals surface area contributed by atoms with Crippen LogP contribution >= 0.6 is 0 Å². The van der Waals surface area contributed by atoms with Crippen LogP contribution in [-0.2, 0) is 10.0 Å². The summed E-state index contributed by atoms with van der Waals surface area (Å²) in [5.41, 5.74) is 0.422. The molecular formula is C15H10F3N3O2S. The van der Waals surface area contributed by atoms with Crippen molar-refractivity contribution in [3.8, 4) is 11.3 Å². The molecule has 5 nitrogen and oxygen atoms in total. The minimum atomic E-state index is -4.18. The Kier molecular flexibility index (Phi) is 4.02.